The van der Waals surface area contributed by atoms with E-state index >= 15 is 0 Å². The minimum atomic E-state index is -0.0123. The molecule has 1 aliphatic rings. The van der Waals surface area contributed by atoms with Crippen molar-refractivity contribution in [2.75, 3.05) is 6.61 Å². The van der Waals surface area contributed by atoms with E-state index in [0.29, 0.717) is 12.1 Å². The maximum atomic E-state index is 5.72. The van der Waals surface area contributed by atoms with Crippen LogP contribution in [0.5, 0.6) is 0 Å². The van der Waals surface area contributed by atoms with E-state index < -0.39 is 0 Å². The van der Waals surface area contributed by atoms with Crippen molar-refractivity contribution in [3.63, 3.8) is 0 Å². The standard InChI is InChI=1S/C13H24N4O/c1-10(2)17-12(15-9-16-17)8-14-11-5-6-18-13(3,4)7-11/h9-11,14H,5-8H2,1-4H3. The molecule has 5 heteroatoms. The predicted molar refractivity (Wildman–Crippen MR) is 70.3 cm³/mol. The van der Waals surface area contributed by atoms with Crippen LogP contribution in [0.1, 0.15) is 52.4 Å². The number of rotatable bonds is 4. The van der Waals surface area contributed by atoms with Crippen LogP contribution in [-0.4, -0.2) is 33.0 Å². The smallest absolute Gasteiger partial charge is 0.141 e. The first-order valence-electron chi connectivity index (χ1n) is 6.74. The molecule has 1 aromatic heterocycles. The largest absolute Gasteiger partial charge is 0.375 e. The van der Waals surface area contributed by atoms with E-state index in [1.54, 1.807) is 6.33 Å². The highest BCUT2D eigenvalue weighted by molar-refractivity contribution is 4.89. The zero-order valence-corrected chi connectivity index (χ0v) is 11.8. The van der Waals surface area contributed by atoms with E-state index in [4.69, 9.17) is 4.74 Å². The van der Waals surface area contributed by atoms with Crippen LogP contribution in [-0.2, 0) is 11.3 Å². The fourth-order valence-corrected chi connectivity index (χ4v) is 2.47. The van der Waals surface area contributed by atoms with Crippen molar-refractivity contribution in [1.29, 1.82) is 0 Å². The first-order valence-corrected chi connectivity index (χ1v) is 6.74. The third kappa shape index (κ3) is 3.29. The van der Waals surface area contributed by atoms with Crippen molar-refractivity contribution in [2.45, 2.75) is 64.8 Å². The van der Waals surface area contributed by atoms with Crippen LogP contribution in [0, 0.1) is 0 Å². The van der Waals surface area contributed by atoms with E-state index in [1.807, 2.05) is 4.68 Å². The second-order valence-electron chi connectivity index (χ2n) is 5.89. The Morgan fingerprint density at radius 2 is 2.33 bits per heavy atom. The number of hydrogen-bond acceptors (Lipinski definition) is 4. The van der Waals surface area contributed by atoms with Gasteiger partial charge in [0.05, 0.1) is 12.1 Å². The molecule has 1 aliphatic heterocycles. The number of hydrogen-bond donors (Lipinski definition) is 1. The molecule has 5 nitrogen and oxygen atoms in total. The maximum absolute atomic E-state index is 5.72. The molecule has 0 aliphatic carbocycles. The molecule has 2 rings (SSSR count). The molecular weight excluding hydrogens is 228 g/mol. The quantitative estimate of drug-likeness (QED) is 0.889. The van der Waals surface area contributed by atoms with Gasteiger partial charge in [-0.3, -0.25) is 0 Å². The molecule has 1 fully saturated rings. The van der Waals surface area contributed by atoms with Gasteiger partial charge < -0.3 is 10.1 Å². The lowest BCUT2D eigenvalue weighted by Crippen LogP contribution is -2.43. The molecule has 0 amide bonds. The lowest BCUT2D eigenvalue weighted by atomic mass is 9.94. The van der Waals surface area contributed by atoms with Gasteiger partial charge >= 0.3 is 0 Å². The summed E-state index contributed by atoms with van der Waals surface area (Å²) in [5.74, 6) is 1.01. The fraction of sp³-hybridized carbons (Fsp3) is 0.846. The van der Waals surface area contributed by atoms with Gasteiger partial charge in [0.25, 0.3) is 0 Å². The van der Waals surface area contributed by atoms with Crippen molar-refractivity contribution in [2.24, 2.45) is 0 Å². The molecule has 1 N–H and O–H groups in total. The summed E-state index contributed by atoms with van der Waals surface area (Å²) in [4.78, 5) is 4.32. The van der Waals surface area contributed by atoms with Gasteiger partial charge in [0, 0.05) is 18.7 Å². The number of aromatic nitrogens is 3. The van der Waals surface area contributed by atoms with Gasteiger partial charge in [0.2, 0.25) is 0 Å². The molecule has 18 heavy (non-hydrogen) atoms. The summed E-state index contributed by atoms with van der Waals surface area (Å²) in [5, 5.41) is 7.82. The molecular formula is C13H24N4O. The van der Waals surface area contributed by atoms with E-state index in [-0.39, 0.29) is 5.60 Å². The summed E-state index contributed by atoms with van der Waals surface area (Å²) in [5.41, 5.74) is -0.0123. The highest BCUT2D eigenvalue weighted by Crippen LogP contribution is 2.24. The van der Waals surface area contributed by atoms with Crippen molar-refractivity contribution < 1.29 is 4.74 Å². The fourth-order valence-electron chi connectivity index (χ4n) is 2.47. The molecule has 0 spiro atoms. The SMILES string of the molecule is CC(C)n1ncnc1CNC1CCOC(C)(C)C1. The normalized spacial score (nSPS) is 23.5. The Morgan fingerprint density at radius 3 is 3.00 bits per heavy atom. The summed E-state index contributed by atoms with van der Waals surface area (Å²) in [6, 6.07) is 0.862. The van der Waals surface area contributed by atoms with Gasteiger partial charge in [-0.1, -0.05) is 0 Å². The zero-order valence-electron chi connectivity index (χ0n) is 11.8. The third-order valence-electron chi connectivity index (χ3n) is 3.38. The van der Waals surface area contributed by atoms with Crippen LogP contribution in [0.25, 0.3) is 0 Å². The second-order valence-corrected chi connectivity index (χ2v) is 5.89. The summed E-state index contributed by atoms with van der Waals surface area (Å²) < 4.78 is 7.69. The molecule has 1 unspecified atom stereocenters. The van der Waals surface area contributed by atoms with Crippen LogP contribution in [0.2, 0.25) is 0 Å². The average Bonchev–Trinajstić information content (AvgIpc) is 2.73. The van der Waals surface area contributed by atoms with E-state index in [1.165, 1.54) is 0 Å². The van der Waals surface area contributed by atoms with E-state index in [9.17, 15) is 0 Å². The number of nitrogens with one attached hydrogen (secondary N) is 1. The van der Waals surface area contributed by atoms with Crippen LogP contribution in [0.3, 0.4) is 0 Å². The Balaban J connectivity index is 1.89. The van der Waals surface area contributed by atoms with Crippen molar-refractivity contribution in [3.8, 4) is 0 Å². The molecule has 1 aromatic rings. The minimum Gasteiger partial charge on any atom is -0.375 e. The third-order valence-corrected chi connectivity index (χ3v) is 3.38. The first-order chi connectivity index (χ1) is 8.48. The van der Waals surface area contributed by atoms with Crippen molar-refractivity contribution >= 4 is 0 Å². The van der Waals surface area contributed by atoms with Gasteiger partial charge in [-0.25, -0.2) is 9.67 Å². The van der Waals surface area contributed by atoms with Crippen LogP contribution >= 0.6 is 0 Å². The monoisotopic (exact) mass is 252 g/mol. The van der Waals surface area contributed by atoms with Crippen molar-refractivity contribution in [1.82, 2.24) is 20.1 Å². The molecule has 1 atom stereocenters. The summed E-state index contributed by atoms with van der Waals surface area (Å²) >= 11 is 0. The Labute approximate surface area is 109 Å². The molecule has 0 bridgehead atoms. The van der Waals surface area contributed by atoms with Gasteiger partial charge in [-0.05, 0) is 40.5 Å². The average molecular weight is 252 g/mol. The lowest BCUT2D eigenvalue weighted by molar-refractivity contribution is -0.0631. The minimum absolute atomic E-state index is 0.0123. The number of nitrogens with zero attached hydrogens (tertiary/aromatic N) is 3. The zero-order chi connectivity index (χ0) is 13.2. The van der Waals surface area contributed by atoms with Crippen LogP contribution in [0.15, 0.2) is 6.33 Å². The molecule has 0 aromatic carbocycles. The summed E-state index contributed by atoms with van der Waals surface area (Å²) in [6.45, 7) is 10.2. The molecule has 1 saturated heterocycles. The predicted octanol–water partition coefficient (Wildman–Crippen LogP) is 1.91. The Morgan fingerprint density at radius 1 is 1.56 bits per heavy atom. The number of ether oxygens (including phenoxy) is 1. The Kier molecular flexibility index (Phi) is 4.02. The van der Waals surface area contributed by atoms with Crippen LogP contribution < -0.4 is 5.32 Å². The van der Waals surface area contributed by atoms with Gasteiger partial charge in [-0.2, -0.15) is 5.10 Å². The van der Waals surface area contributed by atoms with Gasteiger partial charge in [0.15, 0.2) is 0 Å². The first kappa shape index (κ1) is 13.5. The Bertz CT molecular complexity index is 386. The second kappa shape index (κ2) is 5.36. The summed E-state index contributed by atoms with van der Waals surface area (Å²) in [7, 11) is 0. The highest BCUT2D eigenvalue weighted by Gasteiger charge is 2.28. The van der Waals surface area contributed by atoms with Crippen molar-refractivity contribution in [3.05, 3.63) is 12.2 Å². The molecule has 2 heterocycles. The maximum Gasteiger partial charge on any atom is 0.141 e. The van der Waals surface area contributed by atoms with E-state index in [0.717, 1.165) is 31.8 Å². The van der Waals surface area contributed by atoms with Gasteiger partial charge in [0.1, 0.15) is 12.2 Å². The Hall–Kier alpha value is -0.940. The van der Waals surface area contributed by atoms with Crippen LogP contribution in [0.4, 0.5) is 0 Å². The molecule has 0 radical (unpaired) electrons. The molecule has 102 valence electrons. The van der Waals surface area contributed by atoms with Gasteiger partial charge in [-0.15, -0.1) is 0 Å². The highest BCUT2D eigenvalue weighted by atomic mass is 16.5. The lowest BCUT2D eigenvalue weighted by Gasteiger charge is -2.35. The van der Waals surface area contributed by atoms with E-state index in [2.05, 4.69) is 43.1 Å². The summed E-state index contributed by atoms with van der Waals surface area (Å²) in [6.07, 6.45) is 3.74. The topological polar surface area (TPSA) is 52.0 Å². The molecule has 0 saturated carbocycles.